The van der Waals surface area contributed by atoms with Gasteiger partial charge in [0.15, 0.2) is 11.6 Å². The van der Waals surface area contributed by atoms with Gasteiger partial charge in [-0.25, -0.2) is 4.39 Å². The Hall–Kier alpha value is -2.11. The maximum absolute atomic E-state index is 13.9. The molecule has 4 fully saturated rings. The second kappa shape index (κ2) is 6.50. The van der Waals surface area contributed by atoms with E-state index in [0.717, 1.165) is 32.1 Å². The Balaban J connectivity index is 1.48. The Kier molecular flexibility index (Phi) is 4.40. The number of nitrogens with one attached hydrogen (secondary N) is 1. The largest absolute Gasteiger partial charge is 0.494 e. The third-order valence-electron chi connectivity index (χ3n) is 6.52. The number of halogens is 1. The summed E-state index contributed by atoms with van der Waals surface area (Å²) in [5.41, 5.74) is -0.179. The van der Waals surface area contributed by atoms with Gasteiger partial charge in [0.05, 0.1) is 12.5 Å². The fourth-order valence-electron chi connectivity index (χ4n) is 6.12. The van der Waals surface area contributed by atoms with E-state index in [2.05, 4.69) is 5.32 Å². The second-order valence-corrected chi connectivity index (χ2v) is 8.75. The molecule has 4 atom stereocenters. The van der Waals surface area contributed by atoms with Crippen molar-refractivity contribution in [3.63, 3.8) is 0 Å². The summed E-state index contributed by atoms with van der Waals surface area (Å²) in [6, 6.07) is 4.58. The van der Waals surface area contributed by atoms with Crippen LogP contribution in [0, 0.1) is 23.1 Å². The lowest BCUT2D eigenvalue weighted by molar-refractivity contribution is -0.177. The molecule has 0 heterocycles. The standard InChI is InChI=1S/C21H26FNO4/c1-13(24)23-21-9-15-5-16(10-21)8-20(7-15,12-21)19(25)27-11-14-3-4-18(26-2)17(22)6-14/h3-4,6,15-16H,5,7-12H2,1-2H3,(H,23,24)/t15-,16+,20?,21?. The van der Waals surface area contributed by atoms with Crippen LogP contribution in [0.5, 0.6) is 5.75 Å². The van der Waals surface area contributed by atoms with Gasteiger partial charge < -0.3 is 14.8 Å². The van der Waals surface area contributed by atoms with Crippen molar-refractivity contribution in [2.75, 3.05) is 7.11 Å². The van der Waals surface area contributed by atoms with Crippen LogP contribution in [0.4, 0.5) is 4.39 Å². The number of rotatable bonds is 5. The van der Waals surface area contributed by atoms with Crippen LogP contribution in [-0.2, 0) is 20.9 Å². The number of hydrogen-bond donors (Lipinski definition) is 1. The molecule has 0 aromatic heterocycles. The van der Waals surface area contributed by atoms with Crippen molar-refractivity contribution in [2.24, 2.45) is 17.3 Å². The van der Waals surface area contributed by atoms with Crippen molar-refractivity contribution in [3.8, 4) is 5.75 Å². The number of benzene rings is 1. The van der Waals surface area contributed by atoms with Gasteiger partial charge in [-0.3, -0.25) is 9.59 Å². The summed E-state index contributed by atoms with van der Waals surface area (Å²) < 4.78 is 24.4. The Morgan fingerprint density at radius 2 is 1.93 bits per heavy atom. The lowest BCUT2D eigenvalue weighted by Gasteiger charge is -2.60. The van der Waals surface area contributed by atoms with Gasteiger partial charge in [0.2, 0.25) is 5.91 Å². The zero-order chi connectivity index (χ0) is 19.2. The van der Waals surface area contributed by atoms with E-state index in [1.807, 2.05) is 0 Å². The molecule has 1 aromatic carbocycles. The predicted octanol–water partition coefficient (Wildman–Crippen LogP) is 3.35. The molecule has 5 rings (SSSR count). The Morgan fingerprint density at radius 1 is 1.22 bits per heavy atom. The Morgan fingerprint density at radius 3 is 2.52 bits per heavy atom. The maximum atomic E-state index is 13.9. The Labute approximate surface area is 158 Å². The van der Waals surface area contributed by atoms with Gasteiger partial charge in [0.25, 0.3) is 0 Å². The first-order chi connectivity index (χ1) is 12.8. The van der Waals surface area contributed by atoms with Crippen molar-refractivity contribution in [2.45, 2.75) is 57.6 Å². The Bertz CT molecular complexity index is 763. The number of esters is 1. The average molecular weight is 375 g/mol. The zero-order valence-corrected chi connectivity index (χ0v) is 15.8. The maximum Gasteiger partial charge on any atom is 0.312 e. The molecule has 1 aromatic rings. The highest BCUT2D eigenvalue weighted by Crippen LogP contribution is 2.62. The fraction of sp³-hybridized carbons (Fsp3) is 0.619. The molecule has 0 saturated heterocycles. The number of carbonyl (C=O) groups excluding carboxylic acids is 2. The van der Waals surface area contributed by atoms with E-state index in [9.17, 15) is 14.0 Å². The van der Waals surface area contributed by atoms with Crippen molar-refractivity contribution in [3.05, 3.63) is 29.6 Å². The minimum atomic E-state index is -0.516. The smallest absolute Gasteiger partial charge is 0.312 e. The van der Waals surface area contributed by atoms with Gasteiger partial charge in [-0.05, 0) is 68.1 Å². The second-order valence-electron chi connectivity index (χ2n) is 8.75. The van der Waals surface area contributed by atoms with Crippen LogP contribution in [0.1, 0.15) is 51.0 Å². The van der Waals surface area contributed by atoms with Gasteiger partial charge in [-0.15, -0.1) is 0 Å². The summed E-state index contributed by atoms with van der Waals surface area (Å²) in [5.74, 6) is 0.388. The summed E-state index contributed by atoms with van der Waals surface area (Å²) in [6.07, 6.45) is 5.38. The van der Waals surface area contributed by atoms with Crippen LogP contribution in [0.2, 0.25) is 0 Å². The molecule has 146 valence electrons. The molecule has 4 aliphatic rings. The molecule has 0 radical (unpaired) electrons. The van der Waals surface area contributed by atoms with E-state index in [4.69, 9.17) is 9.47 Å². The first-order valence-electron chi connectivity index (χ1n) is 9.61. The minimum absolute atomic E-state index is 0.0332. The molecular formula is C21H26FNO4. The highest BCUT2D eigenvalue weighted by molar-refractivity contribution is 5.79. The normalized spacial score (nSPS) is 33.6. The number of hydrogen-bond acceptors (Lipinski definition) is 4. The molecule has 4 aliphatic carbocycles. The quantitative estimate of drug-likeness (QED) is 0.802. The van der Waals surface area contributed by atoms with Crippen LogP contribution < -0.4 is 10.1 Å². The topological polar surface area (TPSA) is 64.6 Å². The fourth-order valence-corrected chi connectivity index (χ4v) is 6.12. The molecule has 1 amide bonds. The monoisotopic (exact) mass is 375 g/mol. The van der Waals surface area contributed by atoms with E-state index in [0.29, 0.717) is 23.8 Å². The number of methoxy groups -OCH3 is 1. The molecule has 0 aliphatic heterocycles. The summed E-state index contributed by atoms with van der Waals surface area (Å²) in [6.45, 7) is 1.59. The molecular weight excluding hydrogens is 349 g/mol. The number of amides is 1. The lowest BCUT2D eigenvalue weighted by Crippen LogP contribution is -2.64. The van der Waals surface area contributed by atoms with Gasteiger partial charge in [-0.1, -0.05) is 6.07 Å². The average Bonchev–Trinajstić information content (AvgIpc) is 2.57. The van der Waals surface area contributed by atoms with E-state index >= 15 is 0 Å². The van der Waals surface area contributed by atoms with Crippen LogP contribution in [-0.4, -0.2) is 24.5 Å². The third-order valence-corrected chi connectivity index (χ3v) is 6.52. The van der Waals surface area contributed by atoms with Gasteiger partial charge in [0, 0.05) is 12.5 Å². The van der Waals surface area contributed by atoms with Gasteiger partial charge >= 0.3 is 5.97 Å². The molecule has 6 heteroatoms. The zero-order valence-electron chi connectivity index (χ0n) is 15.8. The van der Waals surface area contributed by atoms with Gasteiger partial charge in [0.1, 0.15) is 6.61 Å². The molecule has 5 nitrogen and oxygen atoms in total. The lowest BCUT2D eigenvalue weighted by atomic mass is 9.47. The molecule has 4 bridgehead atoms. The SMILES string of the molecule is COc1ccc(COC(=O)C23C[C@@H]4C[C@@H](CC(NC(C)=O)(C4)C2)C3)cc1F. The molecule has 0 spiro atoms. The van der Waals surface area contributed by atoms with Crippen LogP contribution in [0.3, 0.4) is 0 Å². The summed E-state index contributed by atoms with van der Waals surface area (Å²) in [7, 11) is 1.41. The highest BCUT2D eigenvalue weighted by Gasteiger charge is 2.61. The van der Waals surface area contributed by atoms with E-state index in [-0.39, 0.29) is 29.8 Å². The van der Waals surface area contributed by atoms with E-state index in [1.165, 1.54) is 19.2 Å². The van der Waals surface area contributed by atoms with Crippen LogP contribution in [0.25, 0.3) is 0 Å². The summed E-state index contributed by atoms with van der Waals surface area (Å²) >= 11 is 0. The van der Waals surface area contributed by atoms with Crippen molar-refractivity contribution >= 4 is 11.9 Å². The van der Waals surface area contributed by atoms with Crippen molar-refractivity contribution in [1.29, 1.82) is 0 Å². The number of ether oxygens (including phenoxy) is 2. The van der Waals surface area contributed by atoms with Crippen molar-refractivity contribution in [1.82, 2.24) is 5.32 Å². The first kappa shape index (κ1) is 18.3. The van der Waals surface area contributed by atoms with E-state index < -0.39 is 11.2 Å². The molecule has 1 N–H and O–H groups in total. The number of carbonyl (C=O) groups is 2. The minimum Gasteiger partial charge on any atom is -0.494 e. The van der Waals surface area contributed by atoms with E-state index in [1.54, 1.807) is 13.0 Å². The highest BCUT2D eigenvalue weighted by atomic mass is 19.1. The van der Waals surface area contributed by atoms with Crippen LogP contribution in [0.15, 0.2) is 18.2 Å². The predicted molar refractivity (Wildman–Crippen MR) is 96.4 cm³/mol. The third kappa shape index (κ3) is 3.30. The van der Waals surface area contributed by atoms with Crippen LogP contribution >= 0.6 is 0 Å². The molecule has 4 saturated carbocycles. The first-order valence-corrected chi connectivity index (χ1v) is 9.61. The summed E-state index contributed by atoms with van der Waals surface area (Å²) in [4.78, 5) is 24.8. The summed E-state index contributed by atoms with van der Waals surface area (Å²) in [5, 5.41) is 3.15. The molecule has 27 heavy (non-hydrogen) atoms. The van der Waals surface area contributed by atoms with Gasteiger partial charge in [-0.2, -0.15) is 0 Å². The molecule has 2 unspecified atom stereocenters. The van der Waals surface area contributed by atoms with Crippen molar-refractivity contribution < 1.29 is 23.5 Å².